The Morgan fingerprint density at radius 1 is 1.12 bits per heavy atom. The largest absolute Gasteiger partial charge is 0.461 e. The smallest absolute Gasteiger partial charge is 0.236 e. The van der Waals surface area contributed by atoms with Crippen LogP contribution in [0.4, 0.5) is 5.69 Å². The highest BCUT2D eigenvalue weighted by Gasteiger charge is 2.54. The van der Waals surface area contributed by atoms with Gasteiger partial charge < -0.3 is 14.3 Å². The number of nitrogens with zero attached hydrogens (tertiary/aromatic N) is 1. The summed E-state index contributed by atoms with van der Waals surface area (Å²) >= 11 is 11.9. The standard InChI is InChI=1S/C17H12Cl2N2O3/c18-10-6-11(19)8-12(7-10)20-16(22)17(3-4-17)15-9-14(24-21-15)13-2-1-5-23-13/h1-2,5-9H,3-4H2,(H,20,22). The zero-order chi connectivity index (χ0) is 16.7. The molecular weight excluding hydrogens is 351 g/mol. The number of halogens is 2. The summed E-state index contributed by atoms with van der Waals surface area (Å²) in [6.07, 6.45) is 2.97. The van der Waals surface area contributed by atoms with Crippen LogP contribution in [-0.4, -0.2) is 11.1 Å². The van der Waals surface area contributed by atoms with Crippen molar-refractivity contribution >= 4 is 34.8 Å². The van der Waals surface area contributed by atoms with Crippen molar-refractivity contribution in [1.29, 1.82) is 0 Å². The molecule has 1 fully saturated rings. The Bertz CT molecular complexity index is 878. The van der Waals surface area contributed by atoms with Crippen LogP contribution in [0.5, 0.6) is 0 Å². The molecule has 3 aromatic rings. The molecule has 7 heteroatoms. The Morgan fingerprint density at radius 2 is 1.88 bits per heavy atom. The van der Waals surface area contributed by atoms with Gasteiger partial charge in [-0.2, -0.15) is 0 Å². The van der Waals surface area contributed by atoms with Crippen LogP contribution in [0.1, 0.15) is 18.5 Å². The minimum atomic E-state index is -0.677. The quantitative estimate of drug-likeness (QED) is 0.715. The van der Waals surface area contributed by atoms with Crippen LogP contribution in [0.2, 0.25) is 10.0 Å². The van der Waals surface area contributed by atoms with E-state index in [1.807, 2.05) is 0 Å². The molecule has 2 heterocycles. The van der Waals surface area contributed by atoms with Gasteiger partial charge in [0.1, 0.15) is 0 Å². The number of benzene rings is 1. The Balaban J connectivity index is 1.58. The lowest BCUT2D eigenvalue weighted by molar-refractivity contribution is -0.118. The van der Waals surface area contributed by atoms with E-state index in [1.54, 1.807) is 42.7 Å². The predicted molar refractivity (Wildman–Crippen MR) is 90.2 cm³/mol. The number of amides is 1. The van der Waals surface area contributed by atoms with Crippen molar-refractivity contribution in [2.45, 2.75) is 18.3 Å². The summed E-state index contributed by atoms with van der Waals surface area (Å²) in [6, 6.07) is 10.2. The van der Waals surface area contributed by atoms with Crippen LogP contribution in [0.15, 0.2) is 51.6 Å². The second kappa shape index (κ2) is 5.69. The number of furan rings is 1. The number of hydrogen-bond donors (Lipinski definition) is 1. The van der Waals surface area contributed by atoms with E-state index in [0.717, 1.165) is 0 Å². The first kappa shape index (κ1) is 15.3. The molecule has 2 aromatic heterocycles. The van der Waals surface area contributed by atoms with Crippen LogP contribution < -0.4 is 5.32 Å². The third kappa shape index (κ3) is 2.70. The highest BCUT2D eigenvalue weighted by molar-refractivity contribution is 6.35. The number of anilines is 1. The Hall–Kier alpha value is -2.24. The summed E-state index contributed by atoms with van der Waals surface area (Å²) in [5, 5.41) is 7.84. The van der Waals surface area contributed by atoms with E-state index in [9.17, 15) is 4.79 Å². The summed E-state index contributed by atoms with van der Waals surface area (Å²) in [7, 11) is 0. The first-order valence-corrected chi connectivity index (χ1v) is 8.11. The molecule has 0 aliphatic heterocycles. The molecule has 1 amide bonds. The van der Waals surface area contributed by atoms with E-state index in [1.165, 1.54) is 0 Å². The van der Waals surface area contributed by atoms with Gasteiger partial charge in [0, 0.05) is 21.8 Å². The van der Waals surface area contributed by atoms with E-state index in [2.05, 4.69) is 10.5 Å². The molecule has 5 nitrogen and oxygen atoms in total. The predicted octanol–water partition coefficient (Wildman–Crippen LogP) is 4.91. The lowest BCUT2D eigenvalue weighted by Crippen LogP contribution is -2.28. The van der Waals surface area contributed by atoms with Crippen molar-refractivity contribution in [1.82, 2.24) is 5.16 Å². The molecule has 0 bridgehead atoms. The number of hydrogen-bond acceptors (Lipinski definition) is 4. The van der Waals surface area contributed by atoms with E-state index < -0.39 is 5.41 Å². The van der Waals surface area contributed by atoms with Crippen LogP contribution in [0.3, 0.4) is 0 Å². The van der Waals surface area contributed by atoms with Gasteiger partial charge in [0.25, 0.3) is 0 Å². The van der Waals surface area contributed by atoms with Gasteiger partial charge >= 0.3 is 0 Å². The SMILES string of the molecule is O=C(Nc1cc(Cl)cc(Cl)c1)C1(c2cc(-c3ccco3)on2)CC1. The van der Waals surface area contributed by atoms with Crippen molar-refractivity contribution in [2.24, 2.45) is 0 Å². The van der Waals surface area contributed by atoms with Crippen LogP contribution >= 0.6 is 23.2 Å². The summed E-state index contributed by atoms with van der Waals surface area (Å²) < 4.78 is 10.6. The molecule has 0 saturated heterocycles. The molecule has 0 spiro atoms. The highest BCUT2D eigenvalue weighted by Crippen LogP contribution is 2.49. The van der Waals surface area contributed by atoms with Gasteiger partial charge in [0.05, 0.1) is 17.4 Å². The van der Waals surface area contributed by atoms with Gasteiger partial charge in [-0.3, -0.25) is 4.79 Å². The Morgan fingerprint density at radius 3 is 2.50 bits per heavy atom. The number of aromatic nitrogens is 1. The Labute approximate surface area is 147 Å². The highest BCUT2D eigenvalue weighted by atomic mass is 35.5. The second-order valence-electron chi connectivity index (χ2n) is 5.75. The molecule has 0 atom stereocenters. The fraction of sp³-hybridized carbons (Fsp3) is 0.176. The molecule has 122 valence electrons. The molecular formula is C17H12Cl2N2O3. The van der Waals surface area contributed by atoms with Crippen molar-refractivity contribution in [2.75, 3.05) is 5.32 Å². The second-order valence-corrected chi connectivity index (χ2v) is 6.62. The van der Waals surface area contributed by atoms with Crippen LogP contribution in [0, 0.1) is 0 Å². The molecule has 1 saturated carbocycles. The maximum absolute atomic E-state index is 12.7. The first-order valence-electron chi connectivity index (χ1n) is 7.35. The normalized spacial score (nSPS) is 15.2. The van der Waals surface area contributed by atoms with Gasteiger partial charge in [-0.25, -0.2) is 0 Å². The lowest BCUT2D eigenvalue weighted by atomic mass is 10.0. The average Bonchev–Trinajstić information content (AvgIpc) is 2.97. The lowest BCUT2D eigenvalue weighted by Gasteiger charge is -2.13. The molecule has 4 rings (SSSR count). The summed E-state index contributed by atoms with van der Waals surface area (Å²) in [5.74, 6) is 0.923. The fourth-order valence-corrected chi connectivity index (χ4v) is 3.16. The number of rotatable bonds is 4. The summed E-state index contributed by atoms with van der Waals surface area (Å²) in [5.41, 5.74) is 0.474. The number of carbonyl (C=O) groups is 1. The van der Waals surface area contributed by atoms with E-state index in [0.29, 0.717) is 45.8 Å². The molecule has 1 aliphatic rings. The fourth-order valence-electron chi connectivity index (χ4n) is 2.64. The van der Waals surface area contributed by atoms with E-state index in [-0.39, 0.29) is 5.91 Å². The van der Waals surface area contributed by atoms with E-state index in [4.69, 9.17) is 32.1 Å². The van der Waals surface area contributed by atoms with Crippen LogP contribution in [0.25, 0.3) is 11.5 Å². The monoisotopic (exact) mass is 362 g/mol. The zero-order valence-corrected chi connectivity index (χ0v) is 13.9. The molecule has 1 aromatic carbocycles. The van der Waals surface area contributed by atoms with Gasteiger partial charge in [-0.15, -0.1) is 0 Å². The molecule has 0 unspecified atom stereocenters. The van der Waals surface area contributed by atoms with Crippen molar-refractivity contribution in [3.63, 3.8) is 0 Å². The minimum Gasteiger partial charge on any atom is -0.461 e. The van der Waals surface area contributed by atoms with E-state index >= 15 is 0 Å². The first-order chi connectivity index (χ1) is 11.6. The maximum Gasteiger partial charge on any atom is 0.236 e. The third-order valence-corrected chi connectivity index (χ3v) is 4.51. The minimum absolute atomic E-state index is 0.153. The summed E-state index contributed by atoms with van der Waals surface area (Å²) in [4.78, 5) is 12.7. The van der Waals surface area contributed by atoms with Crippen molar-refractivity contribution in [3.05, 3.63) is 58.4 Å². The van der Waals surface area contributed by atoms with Gasteiger partial charge in [-0.05, 0) is 43.2 Å². The van der Waals surface area contributed by atoms with Gasteiger partial charge in [0.15, 0.2) is 5.76 Å². The topological polar surface area (TPSA) is 68.3 Å². The molecule has 1 N–H and O–H groups in total. The Kier molecular flexibility index (Phi) is 3.62. The number of carbonyl (C=O) groups excluding carboxylic acids is 1. The maximum atomic E-state index is 12.7. The van der Waals surface area contributed by atoms with Gasteiger partial charge in [0.2, 0.25) is 11.7 Å². The van der Waals surface area contributed by atoms with Gasteiger partial charge in [-0.1, -0.05) is 28.4 Å². The molecule has 24 heavy (non-hydrogen) atoms. The van der Waals surface area contributed by atoms with Crippen LogP contribution in [-0.2, 0) is 10.2 Å². The van der Waals surface area contributed by atoms with Crippen molar-refractivity contribution < 1.29 is 13.7 Å². The molecule has 1 aliphatic carbocycles. The van der Waals surface area contributed by atoms with Crippen molar-refractivity contribution in [3.8, 4) is 11.5 Å². The average molecular weight is 363 g/mol. The third-order valence-electron chi connectivity index (χ3n) is 4.07. The number of nitrogens with one attached hydrogen (secondary N) is 1. The zero-order valence-electron chi connectivity index (χ0n) is 12.4. The molecule has 0 radical (unpaired) electrons. The summed E-state index contributed by atoms with van der Waals surface area (Å²) in [6.45, 7) is 0.